The van der Waals surface area contributed by atoms with Gasteiger partial charge >= 0.3 is 0 Å². The van der Waals surface area contributed by atoms with Gasteiger partial charge < -0.3 is 16.0 Å². The zero-order chi connectivity index (χ0) is 20.4. The fraction of sp³-hybridized carbons (Fsp3) is 0.182. The average molecular weight is 388 g/mol. The number of rotatable bonds is 4. The molecule has 3 aromatic rings. The summed E-state index contributed by atoms with van der Waals surface area (Å²) >= 11 is 0. The van der Waals surface area contributed by atoms with Crippen molar-refractivity contribution in [1.29, 1.82) is 0 Å². The lowest BCUT2D eigenvalue weighted by molar-refractivity contribution is -0.118. The highest BCUT2D eigenvalue weighted by molar-refractivity contribution is 6.10. The van der Waals surface area contributed by atoms with Crippen LogP contribution in [0.4, 0.5) is 11.4 Å². The number of nitrogens with zero attached hydrogens (tertiary/aromatic N) is 1. The Hall–Kier alpha value is -3.74. The first-order valence-electron chi connectivity index (χ1n) is 9.38. The summed E-state index contributed by atoms with van der Waals surface area (Å²) in [6.45, 7) is 1.87. The van der Waals surface area contributed by atoms with E-state index in [2.05, 4.69) is 20.9 Å². The molecule has 0 aliphatic carbocycles. The van der Waals surface area contributed by atoms with E-state index in [-0.39, 0.29) is 30.6 Å². The minimum Gasteiger partial charge on any atom is -0.340 e. The third-order valence-electron chi connectivity index (χ3n) is 4.83. The highest BCUT2D eigenvalue weighted by Crippen LogP contribution is 2.23. The van der Waals surface area contributed by atoms with Crippen LogP contribution in [0.5, 0.6) is 0 Å². The molecule has 29 heavy (non-hydrogen) atoms. The smallest absolute Gasteiger partial charge is 0.254 e. The van der Waals surface area contributed by atoms with Gasteiger partial charge in [-0.3, -0.25) is 19.4 Å². The number of amides is 3. The molecule has 0 fully saturated rings. The van der Waals surface area contributed by atoms with Crippen molar-refractivity contribution in [3.63, 3.8) is 0 Å². The lowest BCUT2D eigenvalue weighted by Crippen LogP contribution is -2.41. The van der Waals surface area contributed by atoms with Crippen LogP contribution in [0.1, 0.15) is 28.9 Å². The predicted molar refractivity (Wildman–Crippen MR) is 111 cm³/mol. The topological polar surface area (TPSA) is 100 Å². The summed E-state index contributed by atoms with van der Waals surface area (Å²) in [6, 6.07) is 15.4. The number of fused-ring (bicyclic) bond motifs is 2. The first-order chi connectivity index (χ1) is 14.0. The maximum Gasteiger partial charge on any atom is 0.254 e. The second-order valence-corrected chi connectivity index (χ2v) is 6.98. The number of carbonyl (C=O) groups excluding carboxylic acids is 3. The summed E-state index contributed by atoms with van der Waals surface area (Å²) in [7, 11) is 0. The molecule has 7 nitrogen and oxygen atoms in total. The summed E-state index contributed by atoms with van der Waals surface area (Å²) in [5.41, 5.74) is 3.16. The molecule has 1 unspecified atom stereocenters. The van der Waals surface area contributed by atoms with Crippen LogP contribution in [0, 0.1) is 6.92 Å². The van der Waals surface area contributed by atoms with Crippen molar-refractivity contribution in [2.75, 3.05) is 10.6 Å². The fourth-order valence-corrected chi connectivity index (χ4v) is 3.41. The Morgan fingerprint density at radius 1 is 1.10 bits per heavy atom. The van der Waals surface area contributed by atoms with Crippen molar-refractivity contribution in [3.05, 3.63) is 65.9 Å². The van der Waals surface area contributed by atoms with Gasteiger partial charge in [-0.15, -0.1) is 0 Å². The monoisotopic (exact) mass is 388 g/mol. The van der Waals surface area contributed by atoms with Crippen molar-refractivity contribution >= 4 is 40.0 Å². The predicted octanol–water partition coefficient (Wildman–Crippen LogP) is 3.01. The second-order valence-electron chi connectivity index (χ2n) is 6.98. The molecule has 1 aliphatic rings. The van der Waals surface area contributed by atoms with Crippen LogP contribution in [0.2, 0.25) is 0 Å². The first kappa shape index (κ1) is 18.6. The molecule has 7 heteroatoms. The Balaban J connectivity index is 1.44. The molecule has 3 amide bonds. The Bertz CT molecular complexity index is 1130. The van der Waals surface area contributed by atoms with E-state index >= 15 is 0 Å². The second kappa shape index (κ2) is 7.71. The molecule has 0 saturated carbocycles. The molecular weight excluding hydrogens is 368 g/mol. The molecule has 4 rings (SSSR count). The number of para-hydroxylation sites is 2. The molecule has 1 atom stereocenters. The van der Waals surface area contributed by atoms with Crippen LogP contribution in [0.3, 0.4) is 0 Å². The van der Waals surface area contributed by atoms with Gasteiger partial charge in [0.1, 0.15) is 6.04 Å². The quantitative estimate of drug-likeness (QED) is 0.640. The number of anilines is 2. The number of aryl methyl sites for hydroxylation is 1. The molecule has 1 aromatic heterocycles. The third kappa shape index (κ3) is 3.94. The Morgan fingerprint density at radius 3 is 2.72 bits per heavy atom. The van der Waals surface area contributed by atoms with Gasteiger partial charge in [0.25, 0.3) is 5.91 Å². The van der Waals surface area contributed by atoms with Crippen LogP contribution in [-0.2, 0) is 9.59 Å². The Morgan fingerprint density at radius 2 is 1.86 bits per heavy atom. The van der Waals surface area contributed by atoms with Gasteiger partial charge in [-0.05, 0) is 37.6 Å². The van der Waals surface area contributed by atoms with E-state index in [1.54, 1.807) is 24.3 Å². The lowest BCUT2D eigenvalue weighted by atomic mass is 10.1. The van der Waals surface area contributed by atoms with Gasteiger partial charge in [-0.2, -0.15) is 0 Å². The summed E-state index contributed by atoms with van der Waals surface area (Å²) < 4.78 is 0. The highest BCUT2D eigenvalue weighted by Gasteiger charge is 2.27. The fourth-order valence-electron chi connectivity index (χ4n) is 3.41. The van der Waals surface area contributed by atoms with E-state index in [0.717, 1.165) is 16.6 Å². The van der Waals surface area contributed by atoms with Crippen molar-refractivity contribution in [3.8, 4) is 0 Å². The van der Waals surface area contributed by atoms with E-state index in [0.29, 0.717) is 16.9 Å². The summed E-state index contributed by atoms with van der Waals surface area (Å²) in [6.07, 6.45) is 0.282. The van der Waals surface area contributed by atoms with Gasteiger partial charge in [-0.25, -0.2) is 0 Å². The Kier molecular flexibility index (Phi) is 4.95. The van der Waals surface area contributed by atoms with Gasteiger partial charge in [0.05, 0.1) is 22.5 Å². The molecular formula is C22H20N4O3. The molecule has 2 heterocycles. The van der Waals surface area contributed by atoms with E-state index < -0.39 is 6.04 Å². The van der Waals surface area contributed by atoms with Crippen molar-refractivity contribution in [1.82, 2.24) is 10.3 Å². The van der Waals surface area contributed by atoms with E-state index in [1.807, 2.05) is 37.3 Å². The molecule has 1 aliphatic heterocycles. The zero-order valence-electron chi connectivity index (χ0n) is 15.9. The number of aromatic nitrogens is 1. The Labute approximate surface area is 167 Å². The number of pyridine rings is 1. The average Bonchev–Trinajstić information content (AvgIpc) is 2.82. The first-order valence-corrected chi connectivity index (χ1v) is 9.38. The summed E-state index contributed by atoms with van der Waals surface area (Å²) in [5, 5.41) is 9.20. The SMILES string of the molecule is Cc1cc(NC(=O)CCC2NC(=O)c3ccccc3NC2=O)c2ccccc2n1. The standard InChI is InChI=1S/C22H20N4O3/c1-13-12-19(14-6-2-4-8-16(14)23-13)24-20(27)11-10-18-22(29)25-17-9-5-3-7-15(17)21(28)26-18/h2-9,12,18H,10-11H2,1H3,(H,25,29)(H,26,28)(H,23,24,27). The number of hydrogen-bond acceptors (Lipinski definition) is 4. The van der Waals surface area contributed by atoms with E-state index in [1.165, 1.54) is 0 Å². The maximum absolute atomic E-state index is 12.5. The zero-order valence-corrected chi connectivity index (χ0v) is 15.9. The molecule has 0 radical (unpaired) electrons. The molecule has 3 N–H and O–H groups in total. The molecule has 0 saturated heterocycles. The van der Waals surface area contributed by atoms with Crippen molar-refractivity contribution < 1.29 is 14.4 Å². The van der Waals surface area contributed by atoms with Gasteiger partial charge in [-0.1, -0.05) is 30.3 Å². The molecule has 2 aromatic carbocycles. The van der Waals surface area contributed by atoms with Gasteiger partial charge in [0.2, 0.25) is 11.8 Å². The normalized spacial score (nSPS) is 15.8. The summed E-state index contributed by atoms with van der Waals surface area (Å²) in [5.74, 6) is -0.897. The van der Waals surface area contributed by atoms with E-state index in [9.17, 15) is 14.4 Å². The number of hydrogen-bond donors (Lipinski definition) is 3. The van der Waals surface area contributed by atoms with Crippen LogP contribution in [0.25, 0.3) is 10.9 Å². The number of carbonyl (C=O) groups is 3. The van der Waals surface area contributed by atoms with Crippen molar-refractivity contribution in [2.24, 2.45) is 0 Å². The van der Waals surface area contributed by atoms with Crippen LogP contribution in [-0.4, -0.2) is 28.7 Å². The third-order valence-corrected chi connectivity index (χ3v) is 4.83. The minimum absolute atomic E-state index is 0.0877. The van der Waals surface area contributed by atoms with Gasteiger partial charge in [0.15, 0.2) is 0 Å². The van der Waals surface area contributed by atoms with E-state index in [4.69, 9.17) is 0 Å². The maximum atomic E-state index is 12.5. The molecule has 0 spiro atoms. The highest BCUT2D eigenvalue weighted by atomic mass is 16.2. The van der Waals surface area contributed by atoms with Crippen LogP contribution < -0.4 is 16.0 Å². The molecule has 0 bridgehead atoms. The van der Waals surface area contributed by atoms with Crippen molar-refractivity contribution in [2.45, 2.75) is 25.8 Å². The van der Waals surface area contributed by atoms with Gasteiger partial charge in [0, 0.05) is 17.5 Å². The minimum atomic E-state index is -0.781. The summed E-state index contributed by atoms with van der Waals surface area (Å²) in [4.78, 5) is 41.8. The lowest BCUT2D eigenvalue weighted by Gasteiger charge is -2.15. The molecule has 146 valence electrons. The largest absolute Gasteiger partial charge is 0.340 e. The van der Waals surface area contributed by atoms with Crippen LogP contribution in [0.15, 0.2) is 54.6 Å². The number of nitrogens with one attached hydrogen (secondary N) is 3. The number of benzene rings is 2. The van der Waals surface area contributed by atoms with Crippen LogP contribution >= 0.6 is 0 Å².